The highest BCUT2D eigenvalue weighted by molar-refractivity contribution is 5.96. The van der Waals surface area contributed by atoms with E-state index in [-0.39, 0.29) is 16.9 Å². The summed E-state index contributed by atoms with van der Waals surface area (Å²) in [5.41, 5.74) is 3.45. The molecule has 1 aromatic rings. The maximum absolute atomic E-state index is 9.61. The van der Waals surface area contributed by atoms with Crippen molar-refractivity contribution < 1.29 is 14.7 Å². The van der Waals surface area contributed by atoms with E-state index in [1.807, 2.05) is 6.07 Å². The number of likely N-dealkylation sites (N-methyl/N-ethyl adjacent to an activating group) is 1. The van der Waals surface area contributed by atoms with Crippen molar-refractivity contribution in [1.29, 1.82) is 0 Å². The number of oxime groups is 1. The Morgan fingerprint density at radius 1 is 1.43 bits per heavy atom. The molecule has 0 amide bonds. The van der Waals surface area contributed by atoms with Crippen molar-refractivity contribution in [2.24, 2.45) is 10.6 Å². The van der Waals surface area contributed by atoms with Gasteiger partial charge < -0.3 is 19.6 Å². The summed E-state index contributed by atoms with van der Waals surface area (Å²) in [6.45, 7) is 3.41. The van der Waals surface area contributed by atoms with Crippen LogP contribution in [0.3, 0.4) is 0 Å². The molecule has 4 aliphatic rings. The lowest BCUT2D eigenvalue weighted by molar-refractivity contribution is -0.0408. The standard InChI is InChI=1S/C18H22N2O3/c1-17-9-11(19-21)16-18(17)6-7-20(2)13(17)8-10-4-5-12(22-3)15(23-16)14(10)18/h4-5,13,16,21H,6-9H2,1-3H3/b19-11-/t13-,16+,17+,18+/m1/s1. The van der Waals surface area contributed by atoms with Gasteiger partial charge in [0.1, 0.15) is 0 Å². The fourth-order valence-electron chi connectivity index (χ4n) is 6.08. The summed E-state index contributed by atoms with van der Waals surface area (Å²) < 4.78 is 11.9. The molecule has 0 aromatic heterocycles. The number of nitrogens with zero attached hydrogens (tertiary/aromatic N) is 2. The third-order valence-electron chi connectivity index (χ3n) is 7.10. The van der Waals surface area contributed by atoms with E-state index in [1.54, 1.807) is 7.11 Å². The van der Waals surface area contributed by atoms with Gasteiger partial charge in [-0.15, -0.1) is 0 Å². The van der Waals surface area contributed by atoms with Crippen molar-refractivity contribution in [3.63, 3.8) is 0 Å². The Labute approximate surface area is 135 Å². The molecule has 2 fully saturated rings. The van der Waals surface area contributed by atoms with Crippen LogP contribution in [0.4, 0.5) is 0 Å². The maximum Gasteiger partial charge on any atom is 0.166 e. The van der Waals surface area contributed by atoms with E-state index in [1.165, 1.54) is 11.1 Å². The number of piperidine rings is 1. The first-order valence-electron chi connectivity index (χ1n) is 8.35. The Bertz CT molecular complexity index is 746. The van der Waals surface area contributed by atoms with Crippen LogP contribution in [0, 0.1) is 5.41 Å². The average molecular weight is 314 g/mol. The summed E-state index contributed by atoms with van der Waals surface area (Å²) in [5, 5.41) is 13.3. The lowest BCUT2D eigenvalue weighted by Crippen LogP contribution is -2.64. The minimum atomic E-state index is -0.154. The molecule has 5 rings (SSSR count). The number of rotatable bonds is 1. The van der Waals surface area contributed by atoms with Crippen LogP contribution in [0.15, 0.2) is 17.3 Å². The highest BCUT2D eigenvalue weighted by Crippen LogP contribution is 2.69. The van der Waals surface area contributed by atoms with Crippen LogP contribution >= 0.6 is 0 Å². The van der Waals surface area contributed by atoms with Crippen molar-refractivity contribution in [2.45, 2.75) is 43.7 Å². The van der Waals surface area contributed by atoms with Gasteiger partial charge in [0.05, 0.1) is 18.2 Å². The largest absolute Gasteiger partial charge is 0.493 e. The van der Waals surface area contributed by atoms with Gasteiger partial charge in [0.25, 0.3) is 0 Å². The molecule has 1 N–H and O–H groups in total. The van der Waals surface area contributed by atoms with Crippen molar-refractivity contribution in [1.82, 2.24) is 4.90 Å². The molecule has 23 heavy (non-hydrogen) atoms. The third-order valence-corrected chi connectivity index (χ3v) is 7.10. The van der Waals surface area contributed by atoms with Gasteiger partial charge in [0.2, 0.25) is 0 Å². The van der Waals surface area contributed by atoms with E-state index < -0.39 is 0 Å². The molecular weight excluding hydrogens is 292 g/mol. The number of hydrogen-bond donors (Lipinski definition) is 1. The Hall–Kier alpha value is -1.75. The Balaban J connectivity index is 1.86. The van der Waals surface area contributed by atoms with Gasteiger partial charge >= 0.3 is 0 Å². The van der Waals surface area contributed by atoms with Crippen LogP contribution in [0.25, 0.3) is 0 Å². The van der Waals surface area contributed by atoms with E-state index in [0.29, 0.717) is 6.04 Å². The molecule has 1 spiro atoms. The first-order valence-corrected chi connectivity index (χ1v) is 8.35. The van der Waals surface area contributed by atoms with E-state index in [4.69, 9.17) is 9.47 Å². The van der Waals surface area contributed by atoms with Crippen LogP contribution in [0.1, 0.15) is 30.9 Å². The fraction of sp³-hybridized carbons (Fsp3) is 0.611. The maximum atomic E-state index is 9.61. The van der Waals surface area contributed by atoms with Crippen LogP contribution in [-0.2, 0) is 11.8 Å². The lowest BCUT2D eigenvalue weighted by Gasteiger charge is -2.58. The van der Waals surface area contributed by atoms with Gasteiger partial charge in [0, 0.05) is 23.4 Å². The summed E-state index contributed by atoms with van der Waals surface area (Å²) in [6, 6.07) is 4.67. The lowest BCUT2D eigenvalue weighted by atomic mass is 9.51. The third kappa shape index (κ3) is 1.26. The summed E-state index contributed by atoms with van der Waals surface area (Å²) >= 11 is 0. The second-order valence-corrected chi connectivity index (χ2v) is 7.74. The zero-order chi connectivity index (χ0) is 16.0. The van der Waals surface area contributed by atoms with Crippen LogP contribution in [-0.4, -0.2) is 48.7 Å². The van der Waals surface area contributed by atoms with E-state index in [2.05, 4.69) is 30.1 Å². The average Bonchev–Trinajstić information content (AvgIpc) is 3.02. The van der Waals surface area contributed by atoms with Gasteiger partial charge in [-0.05, 0) is 38.1 Å². The zero-order valence-electron chi connectivity index (χ0n) is 13.8. The summed E-state index contributed by atoms with van der Waals surface area (Å²) in [7, 11) is 3.91. The summed E-state index contributed by atoms with van der Waals surface area (Å²) in [4.78, 5) is 2.48. The van der Waals surface area contributed by atoms with Gasteiger partial charge in [-0.3, -0.25) is 0 Å². The number of hydrogen-bond acceptors (Lipinski definition) is 5. The second kappa shape index (κ2) is 4.01. The monoisotopic (exact) mass is 314 g/mol. The van der Waals surface area contributed by atoms with Crippen LogP contribution in [0.2, 0.25) is 0 Å². The number of methoxy groups -OCH3 is 1. The highest BCUT2D eigenvalue weighted by Gasteiger charge is 2.73. The SMILES string of the molecule is COc1ccc2c3c1O[C@H]1/C(=N\O)C[C@@]4(C)[C@@H](C2)N(C)CC[C@]314. The molecule has 2 heterocycles. The zero-order valence-corrected chi connectivity index (χ0v) is 13.8. The molecule has 2 bridgehead atoms. The molecule has 4 atom stereocenters. The Morgan fingerprint density at radius 2 is 2.26 bits per heavy atom. The van der Waals surface area contributed by atoms with Crippen LogP contribution < -0.4 is 9.47 Å². The van der Waals surface area contributed by atoms with Crippen molar-refractivity contribution in [2.75, 3.05) is 20.7 Å². The second-order valence-electron chi connectivity index (χ2n) is 7.74. The molecule has 1 saturated carbocycles. The number of benzene rings is 1. The highest BCUT2D eigenvalue weighted by atomic mass is 16.5. The smallest absolute Gasteiger partial charge is 0.166 e. The predicted octanol–water partition coefficient (Wildman–Crippen LogP) is 2.19. The van der Waals surface area contributed by atoms with E-state index in [9.17, 15) is 5.21 Å². The van der Waals surface area contributed by atoms with E-state index >= 15 is 0 Å². The molecule has 5 nitrogen and oxygen atoms in total. The van der Waals surface area contributed by atoms with Gasteiger partial charge in [-0.2, -0.15) is 0 Å². The van der Waals surface area contributed by atoms with Gasteiger partial charge in [0.15, 0.2) is 17.6 Å². The minimum absolute atomic E-state index is 0.0385. The topological polar surface area (TPSA) is 54.3 Å². The Kier molecular flexibility index (Phi) is 2.38. The first-order chi connectivity index (χ1) is 11.1. The van der Waals surface area contributed by atoms with Crippen LogP contribution in [0.5, 0.6) is 11.5 Å². The van der Waals surface area contributed by atoms with Gasteiger partial charge in [-0.25, -0.2) is 0 Å². The molecule has 122 valence electrons. The van der Waals surface area contributed by atoms with Gasteiger partial charge in [-0.1, -0.05) is 18.1 Å². The summed E-state index contributed by atoms with van der Waals surface area (Å²) in [5.74, 6) is 1.68. The number of likely N-dealkylation sites (tertiary alicyclic amines) is 1. The molecule has 1 saturated heterocycles. The molecule has 5 heteroatoms. The fourth-order valence-corrected chi connectivity index (χ4v) is 6.08. The van der Waals surface area contributed by atoms with E-state index in [0.717, 1.165) is 43.0 Å². The van der Waals surface area contributed by atoms with Crippen molar-refractivity contribution in [3.8, 4) is 11.5 Å². The molecular formula is C18H22N2O3. The quantitative estimate of drug-likeness (QED) is 0.638. The number of ether oxygens (including phenoxy) is 2. The normalized spacial score (nSPS) is 41.8. The van der Waals surface area contributed by atoms with Crippen molar-refractivity contribution in [3.05, 3.63) is 23.3 Å². The summed E-state index contributed by atoms with van der Waals surface area (Å²) in [6.07, 6.45) is 2.71. The first kappa shape index (κ1) is 13.7. The Morgan fingerprint density at radius 3 is 3.00 bits per heavy atom. The molecule has 0 unspecified atom stereocenters. The molecule has 2 aliphatic carbocycles. The molecule has 2 aliphatic heterocycles. The minimum Gasteiger partial charge on any atom is -0.493 e. The predicted molar refractivity (Wildman–Crippen MR) is 85.8 cm³/mol. The molecule has 1 aromatic carbocycles. The van der Waals surface area contributed by atoms with Crippen molar-refractivity contribution >= 4 is 5.71 Å². The molecule has 0 radical (unpaired) electrons.